The molecule has 13 aromatic rings. The van der Waals surface area contributed by atoms with Gasteiger partial charge in [-0.2, -0.15) is 0 Å². The fraction of sp³-hybridized carbons (Fsp3) is 0.348. The number of nitrogens with zero attached hydrogens (tertiary/aromatic N) is 8. The number of hydrogen-bond acceptors (Lipinski definition) is 6. The molecule has 0 amide bonds. The SMILES string of the molecule is CC(C)(C)c1cc(-c2nc(-c3cc(C(C)(C)C)cc(C(C)(C)C)c3)nc(-c3ccc(-n4c5ccccc5c5cc6c7ccccc7n(-c7ccccc7)c6cc54)c(-c4nc(-c5cc(C(C)(C)C)cc(C(C)(C)C)c5)nc(-c5cc(C(C)(C)C)cc(C(C)(C)C)c5)n4)c3)n2)cc(C(C)(C)C)c1. The van der Waals surface area contributed by atoms with Crippen molar-refractivity contribution in [2.24, 2.45) is 0 Å². The van der Waals surface area contributed by atoms with Crippen molar-refractivity contribution in [1.29, 1.82) is 0 Å². The van der Waals surface area contributed by atoms with Gasteiger partial charge in [0.15, 0.2) is 34.9 Å². The lowest BCUT2D eigenvalue weighted by Gasteiger charge is -2.26. The van der Waals surface area contributed by atoms with E-state index in [0.717, 1.165) is 77.6 Å². The molecule has 0 aliphatic rings. The Balaban J connectivity index is 1.19. The van der Waals surface area contributed by atoms with Gasteiger partial charge in [0.2, 0.25) is 0 Å². The Hall–Kier alpha value is -9.40. The van der Waals surface area contributed by atoms with Gasteiger partial charge in [0, 0.05) is 60.6 Å². The molecule has 8 heteroatoms. The molecular formula is C92H102N8. The third-order valence-electron chi connectivity index (χ3n) is 20.2. The van der Waals surface area contributed by atoms with Crippen LogP contribution in [0.5, 0.6) is 0 Å². The van der Waals surface area contributed by atoms with E-state index in [0.29, 0.717) is 34.9 Å². The van der Waals surface area contributed by atoms with E-state index in [1.165, 1.54) is 55.3 Å². The first-order valence-corrected chi connectivity index (χ1v) is 35.9. The second kappa shape index (κ2) is 24.2. The summed E-state index contributed by atoms with van der Waals surface area (Å²) >= 11 is 0. The highest BCUT2D eigenvalue weighted by Gasteiger charge is 2.31. The Bertz CT molecular complexity index is 5050. The molecule has 0 unspecified atom stereocenters. The highest BCUT2D eigenvalue weighted by Crippen LogP contribution is 2.45. The third-order valence-corrected chi connectivity index (χ3v) is 20.2. The minimum atomic E-state index is -0.181. The first kappa shape index (κ1) is 69.1. The second-order valence-electron chi connectivity index (χ2n) is 36.5. The van der Waals surface area contributed by atoms with Gasteiger partial charge in [-0.15, -0.1) is 0 Å². The number of aromatic nitrogens is 8. The van der Waals surface area contributed by atoms with Crippen LogP contribution in [-0.2, 0) is 43.3 Å². The molecule has 0 aliphatic heterocycles. The molecule has 9 aromatic carbocycles. The van der Waals surface area contributed by atoms with E-state index in [-0.39, 0.29) is 43.3 Å². The van der Waals surface area contributed by atoms with Gasteiger partial charge in [0.1, 0.15) is 0 Å². The zero-order valence-corrected chi connectivity index (χ0v) is 63.9. The van der Waals surface area contributed by atoms with E-state index in [2.05, 4.69) is 357 Å². The van der Waals surface area contributed by atoms with E-state index in [1.807, 2.05) is 0 Å². The van der Waals surface area contributed by atoms with Crippen molar-refractivity contribution in [1.82, 2.24) is 39.0 Å². The Morgan fingerprint density at radius 2 is 0.490 bits per heavy atom. The van der Waals surface area contributed by atoms with Crippen LogP contribution in [0.1, 0.15) is 211 Å². The second-order valence-corrected chi connectivity index (χ2v) is 36.5. The summed E-state index contributed by atoms with van der Waals surface area (Å²) in [6, 6.07) is 67.8. The van der Waals surface area contributed by atoms with Crippen LogP contribution in [0.2, 0.25) is 0 Å². The largest absolute Gasteiger partial charge is 0.309 e. The molecule has 0 saturated heterocycles. The lowest BCUT2D eigenvalue weighted by atomic mass is 9.79. The fourth-order valence-electron chi connectivity index (χ4n) is 13.6. The quantitative estimate of drug-likeness (QED) is 0.151. The lowest BCUT2D eigenvalue weighted by Crippen LogP contribution is -2.17. The Kier molecular flexibility index (Phi) is 16.7. The van der Waals surface area contributed by atoms with Crippen LogP contribution < -0.4 is 0 Å². The number of hydrogen-bond donors (Lipinski definition) is 0. The zero-order chi connectivity index (χ0) is 71.9. The van der Waals surface area contributed by atoms with Gasteiger partial charge < -0.3 is 9.13 Å². The number of benzene rings is 9. The minimum absolute atomic E-state index is 0.161. The Morgan fingerprint density at radius 1 is 0.210 bits per heavy atom. The van der Waals surface area contributed by atoms with Crippen molar-refractivity contribution < 1.29 is 0 Å². The van der Waals surface area contributed by atoms with E-state index < -0.39 is 0 Å². The van der Waals surface area contributed by atoms with E-state index >= 15 is 0 Å². The molecular weight excluding hydrogens is 1220 g/mol. The molecule has 4 heterocycles. The van der Waals surface area contributed by atoms with Crippen molar-refractivity contribution in [2.45, 2.75) is 209 Å². The van der Waals surface area contributed by atoms with Crippen LogP contribution in [0.15, 0.2) is 182 Å². The zero-order valence-electron chi connectivity index (χ0n) is 63.9. The summed E-state index contributed by atoms with van der Waals surface area (Å²) in [6.07, 6.45) is 0. The molecule has 13 rings (SSSR count). The van der Waals surface area contributed by atoms with Gasteiger partial charge in [-0.1, -0.05) is 245 Å². The van der Waals surface area contributed by atoms with Crippen molar-refractivity contribution in [3.63, 3.8) is 0 Å². The normalized spacial score (nSPS) is 13.2. The topological polar surface area (TPSA) is 87.2 Å². The fourth-order valence-corrected chi connectivity index (χ4v) is 13.6. The summed E-state index contributed by atoms with van der Waals surface area (Å²) in [7, 11) is 0. The Labute approximate surface area is 594 Å². The summed E-state index contributed by atoms with van der Waals surface area (Å²) in [5.74, 6) is 3.45. The van der Waals surface area contributed by atoms with Crippen LogP contribution in [0.4, 0.5) is 0 Å². The van der Waals surface area contributed by atoms with Crippen LogP contribution in [0.25, 0.3) is 123 Å². The van der Waals surface area contributed by atoms with Crippen LogP contribution >= 0.6 is 0 Å². The third kappa shape index (κ3) is 13.4. The van der Waals surface area contributed by atoms with Crippen LogP contribution in [0.3, 0.4) is 0 Å². The summed E-state index contributed by atoms with van der Waals surface area (Å²) in [4.78, 5) is 34.4. The summed E-state index contributed by atoms with van der Waals surface area (Å²) < 4.78 is 4.85. The first-order chi connectivity index (χ1) is 46.6. The number of fused-ring (bicyclic) bond motifs is 6. The molecule has 0 radical (unpaired) electrons. The molecule has 0 bridgehead atoms. The molecule has 4 aromatic heterocycles. The van der Waals surface area contributed by atoms with Crippen molar-refractivity contribution in [3.05, 3.63) is 226 Å². The summed E-state index contributed by atoms with van der Waals surface area (Å²) in [5.41, 5.74) is 20.0. The van der Waals surface area contributed by atoms with Crippen molar-refractivity contribution in [3.8, 4) is 79.7 Å². The van der Waals surface area contributed by atoms with Gasteiger partial charge in [-0.05, 0) is 191 Å². The van der Waals surface area contributed by atoms with Crippen molar-refractivity contribution >= 4 is 43.6 Å². The first-order valence-electron chi connectivity index (χ1n) is 35.9. The average molecular weight is 1320 g/mol. The maximum Gasteiger partial charge on any atom is 0.166 e. The number of para-hydroxylation sites is 3. The van der Waals surface area contributed by atoms with E-state index in [1.54, 1.807) is 0 Å². The van der Waals surface area contributed by atoms with Crippen LogP contribution in [-0.4, -0.2) is 39.0 Å². The smallest absolute Gasteiger partial charge is 0.166 e. The molecule has 510 valence electrons. The lowest BCUT2D eigenvalue weighted by molar-refractivity contribution is 0.568. The predicted octanol–water partition coefficient (Wildman–Crippen LogP) is 24.6. The minimum Gasteiger partial charge on any atom is -0.309 e. The monoisotopic (exact) mass is 1320 g/mol. The maximum atomic E-state index is 5.85. The average Bonchev–Trinajstić information content (AvgIpc) is 1.54. The van der Waals surface area contributed by atoms with Gasteiger partial charge in [0.05, 0.1) is 27.8 Å². The molecule has 100 heavy (non-hydrogen) atoms. The van der Waals surface area contributed by atoms with E-state index in [9.17, 15) is 0 Å². The molecule has 0 N–H and O–H groups in total. The highest BCUT2D eigenvalue weighted by molar-refractivity contribution is 6.19. The molecule has 0 atom stereocenters. The molecule has 0 fully saturated rings. The predicted molar refractivity (Wildman–Crippen MR) is 424 cm³/mol. The maximum absolute atomic E-state index is 5.85. The van der Waals surface area contributed by atoms with Crippen molar-refractivity contribution in [2.75, 3.05) is 0 Å². The standard InChI is InChI=1S/C92H102N8/c1-85(2,3)60-40-56(41-61(49-60)86(4,5)6)80-93-79(94-81(95-80)57-42-62(87(7,8)9)50-63(43-57)88(10,11)12)55-38-39-76(100-75-37-31-29-35-70(75)72-53-71-69-34-28-30-36-74(69)99(77(71)54-78(72)100)68-32-26-25-27-33-68)73(48-55)84-97-82(58-44-64(89(13,14)15)51-65(45-58)90(16,17)18)96-83(98-84)59-46-66(91(19,20)21)52-67(47-59)92(22,23)24/h25-54H,1-24H3. The van der Waals surface area contributed by atoms with Crippen LogP contribution in [0, 0.1) is 0 Å². The molecule has 0 spiro atoms. The summed E-state index contributed by atoms with van der Waals surface area (Å²) in [5, 5.41) is 4.65. The Morgan fingerprint density at radius 3 is 0.820 bits per heavy atom. The van der Waals surface area contributed by atoms with Gasteiger partial charge in [-0.3, -0.25) is 0 Å². The van der Waals surface area contributed by atoms with Gasteiger partial charge >= 0.3 is 0 Å². The van der Waals surface area contributed by atoms with E-state index in [4.69, 9.17) is 29.9 Å². The molecule has 0 aliphatic carbocycles. The molecule has 8 nitrogen and oxygen atoms in total. The van der Waals surface area contributed by atoms with Gasteiger partial charge in [0.25, 0.3) is 0 Å². The highest BCUT2D eigenvalue weighted by atomic mass is 15.1. The summed E-state index contributed by atoms with van der Waals surface area (Å²) in [6.45, 7) is 54.9. The molecule has 0 saturated carbocycles. The number of rotatable bonds is 8. The van der Waals surface area contributed by atoms with Gasteiger partial charge in [-0.25, -0.2) is 29.9 Å².